The van der Waals surface area contributed by atoms with Crippen LogP contribution in [0, 0.1) is 11.3 Å². The van der Waals surface area contributed by atoms with Gasteiger partial charge in [0.15, 0.2) is 9.84 Å². The van der Waals surface area contributed by atoms with Crippen molar-refractivity contribution < 1.29 is 27.5 Å². The zero-order valence-electron chi connectivity index (χ0n) is 18.7. The second-order valence-corrected chi connectivity index (χ2v) is 11.5. The van der Waals surface area contributed by atoms with Gasteiger partial charge in [-0.2, -0.15) is 5.10 Å². The number of nitrogens with zero attached hydrogens (tertiary/aromatic N) is 2. The maximum atomic E-state index is 12.9. The number of hydrogen-bond acceptors (Lipinski definition) is 7. The quantitative estimate of drug-likeness (QED) is 0.495. The highest BCUT2D eigenvalue weighted by Gasteiger charge is 2.39. The van der Waals surface area contributed by atoms with Crippen molar-refractivity contribution in [3.63, 3.8) is 0 Å². The Morgan fingerprint density at radius 1 is 1.34 bits per heavy atom. The topological polar surface area (TPSA) is 117 Å². The summed E-state index contributed by atoms with van der Waals surface area (Å²) in [6.45, 7) is 4.79. The SMILES string of the molecule is CCc1nn(CCCOC(=O)C2CCCS(=O)(=O)C2)c2c1C(=O)NCC1(CCOCC1)C2. The van der Waals surface area contributed by atoms with Gasteiger partial charge < -0.3 is 14.8 Å². The number of amides is 1. The third kappa shape index (κ3) is 5.01. The number of ether oxygens (including phenoxy) is 2. The molecule has 1 aromatic rings. The molecule has 4 heterocycles. The van der Waals surface area contributed by atoms with E-state index in [9.17, 15) is 18.0 Å². The zero-order valence-corrected chi connectivity index (χ0v) is 19.5. The van der Waals surface area contributed by atoms with Crippen LogP contribution >= 0.6 is 0 Å². The Bertz CT molecular complexity index is 965. The van der Waals surface area contributed by atoms with Crippen LogP contribution in [0.5, 0.6) is 0 Å². The molecule has 0 bridgehead atoms. The van der Waals surface area contributed by atoms with E-state index in [1.807, 2.05) is 11.6 Å². The number of carbonyl (C=O) groups is 2. The van der Waals surface area contributed by atoms with Gasteiger partial charge in [0, 0.05) is 32.7 Å². The zero-order chi connectivity index (χ0) is 22.8. The molecule has 2 fully saturated rings. The summed E-state index contributed by atoms with van der Waals surface area (Å²) < 4.78 is 36.4. The number of sulfone groups is 1. The summed E-state index contributed by atoms with van der Waals surface area (Å²) in [7, 11) is -3.15. The molecular formula is C22H33N3O6S. The van der Waals surface area contributed by atoms with Crippen molar-refractivity contribution in [1.29, 1.82) is 0 Å². The van der Waals surface area contributed by atoms with Crippen LogP contribution in [0.2, 0.25) is 0 Å². The highest BCUT2D eigenvalue weighted by atomic mass is 32.2. The average molecular weight is 468 g/mol. The Hall–Kier alpha value is -1.94. The lowest BCUT2D eigenvalue weighted by atomic mass is 9.76. The summed E-state index contributed by atoms with van der Waals surface area (Å²) in [6.07, 6.45) is 4.88. The van der Waals surface area contributed by atoms with Crippen LogP contribution in [-0.4, -0.2) is 67.9 Å². The molecule has 1 amide bonds. The van der Waals surface area contributed by atoms with Crippen LogP contribution in [0.15, 0.2) is 0 Å². The number of hydrogen-bond donors (Lipinski definition) is 1. The van der Waals surface area contributed by atoms with Crippen molar-refractivity contribution >= 4 is 21.7 Å². The molecule has 0 radical (unpaired) electrons. The van der Waals surface area contributed by atoms with Crippen LogP contribution in [0.4, 0.5) is 0 Å². The summed E-state index contributed by atoms with van der Waals surface area (Å²) in [5.41, 5.74) is 2.44. The van der Waals surface area contributed by atoms with E-state index in [1.165, 1.54) is 0 Å². The van der Waals surface area contributed by atoms with Crippen LogP contribution in [0.3, 0.4) is 0 Å². The average Bonchev–Trinajstić information content (AvgIpc) is 3.05. The second kappa shape index (κ2) is 9.51. The third-order valence-electron chi connectivity index (χ3n) is 6.97. The summed E-state index contributed by atoms with van der Waals surface area (Å²) in [5, 5.41) is 7.82. The standard InChI is InChI=1S/C22H33N3O6S/c1-2-17-19-18(13-22(15-23-20(19)26)6-10-30-11-7-22)25(24-17)8-4-9-31-21(27)16-5-3-12-32(28,29)14-16/h16H,2-15H2,1H3,(H,23,26). The molecule has 3 aliphatic rings. The van der Waals surface area contributed by atoms with Gasteiger partial charge in [-0.05, 0) is 43.9 Å². The lowest BCUT2D eigenvalue weighted by Gasteiger charge is -2.36. The first-order valence-electron chi connectivity index (χ1n) is 11.6. The van der Waals surface area contributed by atoms with Crippen molar-refractivity contribution in [3.8, 4) is 0 Å². The molecule has 1 aromatic heterocycles. The number of aryl methyl sites for hydroxylation is 2. The maximum absolute atomic E-state index is 12.9. The molecule has 0 saturated carbocycles. The van der Waals surface area contributed by atoms with E-state index in [2.05, 4.69) is 5.32 Å². The van der Waals surface area contributed by atoms with Crippen molar-refractivity contribution in [3.05, 3.63) is 17.0 Å². The number of nitrogens with one attached hydrogen (secondary N) is 1. The Labute approximate surface area is 189 Å². The normalized spacial score (nSPS) is 24.4. The number of fused-ring (bicyclic) bond motifs is 1. The lowest BCUT2D eigenvalue weighted by Crippen LogP contribution is -2.40. The van der Waals surface area contributed by atoms with Gasteiger partial charge in [0.05, 0.1) is 41.0 Å². The minimum Gasteiger partial charge on any atom is -0.465 e. The molecule has 1 unspecified atom stereocenters. The smallest absolute Gasteiger partial charge is 0.309 e. The van der Waals surface area contributed by atoms with Gasteiger partial charge in [-0.15, -0.1) is 0 Å². The molecular weight excluding hydrogens is 434 g/mol. The molecule has 3 aliphatic heterocycles. The third-order valence-corrected chi connectivity index (χ3v) is 8.79. The van der Waals surface area contributed by atoms with E-state index >= 15 is 0 Å². The Morgan fingerprint density at radius 2 is 2.12 bits per heavy atom. The van der Waals surface area contributed by atoms with Gasteiger partial charge in [0.2, 0.25) is 0 Å². The van der Waals surface area contributed by atoms with Crippen molar-refractivity contribution in [2.45, 2.75) is 58.4 Å². The minimum absolute atomic E-state index is 0.0130. The van der Waals surface area contributed by atoms with Crippen LogP contribution in [0.1, 0.15) is 60.8 Å². The molecule has 178 valence electrons. The second-order valence-electron chi connectivity index (χ2n) is 9.29. The molecule has 10 heteroatoms. The molecule has 1 N–H and O–H groups in total. The predicted molar refractivity (Wildman–Crippen MR) is 117 cm³/mol. The van der Waals surface area contributed by atoms with Crippen molar-refractivity contribution in [1.82, 2.24) is 15.1 Å². The Morgan fingerprint density at radius 3 is 2.84 bits per heavy atom. The molecule has 4 rings (SSSR count). The van der Waals surface area contributed by atoms with E-state index in [0.29, 0.717) is 57.6 Å². The largest absolute Gasteiger partial charge is 0.465 e. The van der Waals surface area contributed by atoms with Gasteiger partial charge in [0.25, 0.3) is 5.91 Å². The van der Waals surface area contributed by atoms with E-state index < -0.39 is 21.7 Å². The van der Waals surface area contributed by atoms with Crippen molar-refractivity contribution in [2.75, 3.05) is 37.9 Å². The molecule has 9 nitrogen and oxygen atoms in total. The first-order valence-corrected chi connectivity index (χ1v) is 13.5. The monoisotopic (exact) mass is 467 g/mol. The van der Waals surface area contributed by atoms with Gasteiger partial charge in [-0.3, -0.25) is 14.3 Å². The molecule has 1 atom stereocenters. The summed E-state index contributed by atoms with van der Waals surface area (Å²) in [5.74, 6) is -1.00. The van der Waals surface area contributed by atoms with Gasteiger partial charge >= 0.3 is 5.97 Å². The molecule has 0 aromatic carbocycles. The minimum atomic E-state index is -3.15. The lowest BCUT2D eigenvalue weighted by molar-refractivity contribution is -0.148. The highest BCUT2D eigenvalue weighted by molar-refractivity contribution is 7.91. The summed E-state index contributed by atoms with van der Waals surface area (Å²) in [4.78, 5) is 25.2. The number of aromatic nitrogens is 2. The van der Waals surface area contributed by atoms with Gasteiger partial charge in [0.1, 0.15) is 0 Å². The number of rotatable bonds is 6. The highest BCUT2D eigenvalue weighted by Crippen LogP contribution is 2.37. The number of carbonyl (C=O) groups excluding carboxylic acids is 2. The molecule has 1 spiro atoms. The molecule has 2 saturated heterocycles. The number of esters is 1. The van der Waals surface area contributed by atoms with Crippen LogP contribution in [0.25, 0.3) is 0 Å². The summed E-state index contributed by atoms with van der Waals surface area (Å²) in [6, 6.07) is 0. The van der Waals surface area contributed by atoms with Crippen LogP contribution < -0.4 is 5.32 Å². The van der Waals surface area contributed by atoms with E-state index in [1.54, 1.807) is 0 Å². The molecule has 32 heavy (non-hydrogen) atoms. The van der Waals surface area contributed by atoms with E-state index in [-0.39, 0.29) is 29.4 Å². The Balaban J connectivity index is 1.41. The maximum Gasteiger partial charge on any atom is 0.309 e. The van der Waals surface area contributed by atoms with E-state index in [4.69, 9.17) is 14.6 Å². The Kier molecular flexibility index (Phi) is 6.90. The fourth-order valence-electron chi connectivity index (χ4n) is 5.07. The first kappa shape index (κ1) is 23.2. The van der Waals surface area contributed by atoms with Crippen LogP contribution in [-0.2, 0) is 43.5 Å². The molecule has 0 aliphatic carbocycles. The van der Waals surface area contributed by atoms with Crippen molar-refractivity contribution in [2.24, 2.45) is 11.3 Å². The van der Waals surface area contributed by atoms with E-state index in [0.717, 1.165) is 30.7 Å². The van der Waals surface area contributed by atoms with Gasteiger partial charge in [-0.25, -0.2) is 8.42 Å². The fourth-order valence-corrected chi connectivity index (χ4v) is 6.76. The first-order chi connectivity index (χ1) is 15.3. The fraction of sp³-hybridized carbons (Fsp3) is 0.773. The summed E-state index contributed by atoms with van der Waals surface area (Å²) >= 11 is 0. The van der Waals surface area contributed by atoms with Gasteiger partial charge in [-0.1, -0.05) is 6.92 Å². The predicted octanol–water partition coefficient (Wildman–Crippen LogP) is 1.29.